The predicted molar refractivity (Wildman–Crippen MR) is 108 cm³/mol. The van der Waals surface area contributed by atoms with E-state index < -0.39 is 0 Å². The molecule has 0 spiro atoms. The van der Waals surface area contributed by atoms with Gasteiger partial charge in [0.2, 0.25) is 5.75 Å². The molecule has 0 unspecified atom stereocenters. The van der Waals surface area contributed by atoms with E-state index in [9.17, 15) is 0 Å². The van der Waals surface area contributed by atoms with Gasteiger partial charge in [0.1, 0.15) is 23.5 Å². The number of pyridine rings is 1. The van der Waals surface area contributed by atoms with Crippen LogP contribution >= 0.6 is 0 Å². The fraction of sp³-hybridized carbons (Fsp3) is 0.350. The zero-order chi connectivity index (χ0) is 19.5. The number of rotatable bonds is 5. The number of benzene rings is 1. The number of hydrogen-bond acceptors (Lipinski definition) is 8. The predicted octanol–water partition coefficient (Wildman–Crippen LogP) is 2.38. The van der Waals surface area contributed by atoms with Gasteiger partial charge in [0.05, 0.1) is 26.7 Å². The molecule has 1 aliphatic heterocycles. The van der Waals surface area contributed by atoms with Crippen LogP contribution in [0.5, 0.6) is 17.2 Å². The first kappa shape index (κ1) is 18.1. The van der Waals surface area contributed by atoms with Crippen LogP contribution in [-0.4, -0.2) is 62.5 Å². The molecule has 3 heterocycles. The molecule has 28 heavy (non-hydrogen) atoms. The van der Waals surface area contributed by atoms with Gasteiger partial charge in [-0.05, 0) is 18.2 Å². The zero-order valence-corrected chi connectivity index (χ0v) is 16.3. The van der Waals surface area contributed by atoms with Crippen LogP contribution in [0.2, 0.25) is 0 Å². The fourth-order valence-corrected chi connectivity index (χ4v) is 3.59. The standard InChI is InChI=1S/C20H23N5O3/c1-26-15-12-14-17(19(28-3)18(15)27-2)22-13-23-20(14)25-10-8-24(9-11-25)16-6-4-5-7-21-16/h4-7,12-13H,8-11H2,1-3H3. The molecular formula is C20H23N5O3. The van der Waals surface area contributed by atoms with Gasteiger partial charge in [-0.2, -0.15) is 0 Å². The molecule has 2 aromatic heterocycles. The van der Waals surface area contributed by atoms with Crippen LogP contribution in [0.25, 0.3) is 10.9 Å². The highest BCUT2D eigenvalue weighted by molar-refractivity contribution is 5.97. The first-order valence-electron chi connectivity index (χ1n) is 9.11. The lowest BCUT2D eigenvalue weighted by atomic mass is 10.1. The molecule has 8 nitrogen and oxygen atoms in total. The van der Waals surface area contributed by atoms with Crippen molar-refractivity contribution in [1.82, 2.24) is 15.0 Å². The van der Waals surface area contributed by atoms with Crippen molar-refractivity contribution in [3.63, 3.8) is 0 Å². The summed E-state index contributed by atoms with van der Waals surface area (Å²) in [6, 6.07) is 7.90. The van der Waals surface area contributed by atoms with E-state index in [2.05, 4.69) is 24.8 Å². The topological polar surface area (TPSA) is 72.8 Å². The molecule has 0 amide bonds. The quantitative estimate of drug-likeness (QED) is 0.667. The van der Waals surface area contributed by atoms with Crippen LogP contribution in [-0.2, 0) is 0 Å². The van der Waals surface area contributed by atoms with E-state index in [0.29, 0.717) is 22.8 Å². The summed E-state index contributed by atoms with van der Waals surface area (Å²) >= 11 is 0. The van der Waals surface area contributed by atoms with Gasteiger partial charge in [-0.15, -0.1) is 0 Å². The second-order valence-electron chi connectivity index (χ2n) is 6.40. The number of piperazine rings is 1. The van der Waals surface area contributed by atoms with Gasteiger partial charge in [0.15, 0.2) is 11.5 Å². The molecular weight excluding hydrogens is 358 g/mol. The maximum atomic E-state index is 5.58. The molecule has 3 aromatic rings. The van der Waals surface area contributed by atoms with Crippen molar-refractivity contribution >= 4 is 22.5 Å². The Morgan fingerprint density at radius 2 is 1.57 bits per heavy atom. The minimum absolute atomic E-state index is 0.530. The van der Waals surface area contributed by atoms with Gasteiger partial charge >= 0.3 is 0 Å². The summed E-state index contributed by atoms with van der Waals surface area (Å²) in [7, 11) is 4.80. The summed E-state index contributed by atoms with van der Waals surface area (Å²) < 4.78 is 16.6. The Kier molecular flexibility index (Phi) is 5.01. The number of fused-ring (bicyclic) bond motifs is 1. The lowest BCUT2D eigenvalue weighted by Gasteiger charge is -2.36. The van der Waals surface area contributed by atoms with Crippen LogP contribution in [0.1, 0.15) is 0 Å². The third kappa shape index (κ3) is 3.11. The highest BCUT2D eigenvalue weighted by Crippen LogP contribution is 2.44. The van der Waals surface area contributed by atoms with E-state index in [1.807, 2.05) is 30.5 Å². The molecule has 0 atom stereocenters. The summed E-state index contributed by atoms with van der Waals surface area (Å²) in [5, 5.41) is 0.878. The molecule has 1 fully saturated rings. The van der Waals surface area contributed by atoms with E-state index in [-0.39, 0.29) is 0 Å². The minimum Gasteiger partial charge on any atom is -0.493 e. The third-order valence-electron chi connectivity index (χ3n) is 4.96. The third-order valence-corrected chi connectivity index (χ3v) is 4.96. The summed E-state index contributed by atoms with van der Waals surface area (Å²) in [6.07, 6.45) is 3.39. The Bertz CT molecular complexity index is 959. The molecule has 1 aromatic carbocycles. The summed E-state index contributed by atoms with van der Waals surface area (Å²) in [6.45, 7) is 3.40. The van der Waals surface area contributed by atoms with Crippen LogP contribution in [0.15, 0.2) is 36.8 Å². The number of methoxy groups -OCH3 is 3. The van der Waals surface area contributed by atoms with E-state index in [0.717, 1.165) is 43.2 Å². The van der Waals surface area contributed by atoms with Gasteiger partial charge in [-0.3, -0.25) is 0 Å². The summed E-state index contributed by atoms with van der Waals surface area (Å²) in [5.41, 5.74) is 0.706. The molecule has 1 aliphatic rings. The lowest BCUT2D eigenvalue weighted by molar-refractivity contribution is 0.327. The molecule has 0 aliphatic carbocycles. The van der Waals surface area contributed by atoms with Gasteiger partial charge in [-0.1, -0.05) is 6.07 Å². The van der Waals surface area contributed by atoms with Gasteiger partial charge < -0.3 is 24.0 Å². The molecule has 0 bridgehead atoms. The zero-order valence-electron chi connectivity index (χ0n) is 16.3. The fourth-order valence-electron chi connectivity index (χ4n) is 3.59. The average molecular weight is 381 g/mol. The second-order valence-corrected chi connectivity index (χ2v) is 6.40. The first-order valence-corrected chi connectivity index (χ1v) is 9.11. The number of hydrogen-bond donors (Lipinski definition) is 0. The van der Waals surface area contributed by atoms with Crippen LogP contribution in [0, 0.1) is 0 Å². The van der Waals surface area contributed by atoms with Crippen molar-refractivity contribution < 1.29 is 14.2 Å². The average Bonchev–Trinajstić information content (AvgIpc) is 2.77. The number of anilines is 2. The van der Waals surface area contributed by atoms with Crippen molar-refractivity contribution in [2.45, 2.75) is 0 Å². The summed E-state index contributed by atoms with van der Waals surface area (Å²) in [4.78, 5) is 18.0. The summed E-state index contributed by atoms with van der Waals surface area (Å²) in [5.74, 6) is 3.54. The monoisotopic (exact) mass is 381 g/mol. The highest BCUT2D eigenvalue weighted by atomic mass is 16.5. The molecule has 146 valence electrons. The minimum atomic E-state index is 0.530. The first-order chi connectivity index (χ1) is 13.8. The van der Waals surface area contributed by atoms with Crippen molar-refractivity contribution in [2.24, 2.45) is 0 Å². The Labute approximate surface area is 163 Å². The molecule has 8 heteroatoms. The van der Waals surface area contributed by atoms with Gasteiger partial charge in [0, 0.05) is 32.4 Å². The largest absolute Gasteiger partial charge is 0.493 e. The SMILES string of the molecule is COc1cc2c(N3CCN(c4ccccn4)CC3)ncnc2c(OC)c1OC. The van der Waals surface area contributed by atoms with E-state index >= 15 is 0 Å². The van der Waals surface area contributed by atoms with Crippen molar-refractivity contribution in [2.75, 3.05) is 57.3 Å². The maximum absolute atomic E-state index is 5.58. The van der Waals surface area contributed by atoms with Gasteiger partial charge in [0.25, 0.3) is 0 Å². The lowest BCUT2D eigenvalue weighted by Crippen LogP contribution is -2.47. The molecule has 0 saturated carbocycles. The van der Waals surface area contributed by atoms with E-state index in [1.165, 1.54) is 0 Å². The number of ether oxygens (including phenoxy) is 3. The number of nitrogens with zero attached hydrogens (tertiary/aromatic N) is 5. The van der Waals surface area contributed by atoms with E-state index in [4.69, 9.17) is 14.2 Å². The molecule has 0 radical (unpaired) electrons. The maximum Gasteiger partial charge on any atom is 0.205 e. The van der Waals surface area contributed by atoms with Crippen LogP contribution in [0.4, 0.5) is 11.6 Å². The van der Waals surface area contributed by atoms with Crippen LogP contribution in [0.3, 0.4) is 0 Å². The second kappa shape index (κ2) is 7.75. The Hall–Kier alpha value is -3.29. The Morgan fingerprint density at radius 1 is 0.821 bits per heavy atom. The van der Waals surface area contributed by atoms with Crippen LogP contribution < -0.4 is 24.0 Å². The van der Waals surface area contributed by atoms with E-state index in [1.54, 1.807) is 27.7 Å². The number of aromatic nitrogens is 3. The Balaban J connectivity index is 1.68. The van der Waals surface area contributed by atoms with Crippen molar-refractivity contribution in [3.8, 4) is 17.2 Å². The highest BCUT2D eigenvalue weighted by Gasteiger charge is 2.24. The molecule has 0 N–H and O–H groups in total. The van der Waals surface area contributed by atoms with Crippen molar-refractivity contribution in [3.05, 3.63) is 36.8 Å². The Morgan fingerprint density at radius 3 is 2.21 bits per heavy atom. The molecule has 1 saturated heterocycles. The van der Waals surface area contributed by atoms with Gasteiger partial charge in [-0.25, -0.2) is 15.0 Å². The smallest absolute Gasteiger partial charge is 0.205 e. The molecule has 4 rings (SSSR count). The van der Waals surface area contributed by atoms with Crippen molar-refractivity contribution in [1.29, 1.82) is 0 Å². The normalized spacial score (nSPS) is 14.2.